The van der Waals surface area contributed by atoms with E-state index in [4.69, 9.17) is 30.4 Å². The molecule has 0 saturated carbocycles. The molecule has 3 aromatic carbocycles. The van der Waals surface area contributed by atoms with Gasteiger partial charge in [-0.05, 0) is 72.7 Å². The maximum absolute atomic E-state index is 12.1. The van der Waals surface area contributed by atoms with Gasteiger partial charge in [-0.15, -0.1) is 0 Å². The third-order valence-corrected chi connectivity index (χ3v) is 5.10. The van der Waals surface area contributed by atoms with E-state index < -0.39 is 11.9 Å². The highest BCUT2D eigenvalue weighted by atomic mass is 16.5. The van der Waals surface area contributed by atoms with Crippen LogP contribution in [0.4, 0.5) is 11.4 Å². The number of hydrogen-bond donors (Lipinski definition) is 2. The van der Waals surface area contributed by atoms with Crippen LogP contribution in [0.25, 0.3) is 6.08 Å². The van der Waals surface area contributed by atoms with Crippen molar-refractivity contribution in [3.63, 3.8) is 0 Å². The van der Waals surface area contributed by atoms with Gasteiger partial charge in [0.2, 0.25) is 0 Å². The number of hydrogen-bond acceptors (Lipinski definition) is 8. The highest BCUT2D eigenvalue weighted by Crippen LogP contribution is 2.19. The van der Waals surface area contributed by atoms with Crippen molar-refractivity contribution in [1.29, 1.82) is 0 Å². The largest absolute Gasteiger partial charge is 0.494 e. The quantitative estimate of drug-likeness (QED) is 0.106. The van der Waals surface area contributed by atoms with E-state index in [-0.39, 0.29) is 6.61 Å². The molecular weight excluding hydrogens is 472 g/mol. The Hall–Kier alpha value is -4.46. The number of carbonyl (C=O) groups is 2. The van der Waals surface area contributed by atoms with E-state index in [2.05, 4.69) is 6.92 Å². The van der Waals surface area contributed by atoms with Gasteiger partial charge in [-0.1, -0.05) is 25.5 Å². The summed E-state index contributed by atoms with van der Waals surface area (Å²) < 4.78 is 21.8. The number of benzene rings is 3. The van der Waals surface area contributed by atoms with Gasteiger partial charge in [-0.2, -0.15) is 0 Å². The van der Waals surface area contributed by atoms with E-state index in [1.54, 1.807) is 48.5 Å². The summed E-state index contributed by atoms with van der Waals surface area (Å²) in [5, 5.41) is 0. The molecule has 0 fully saturated rings. The van der Waals surface area contributed by atoms with Gasteiger partial charge in [0.25, 0.3) is 0 Å². The second kappa shape index (κ2) is 14.2. The van der Waals surface area contributed by atoms with Gasteiger partial charge in [0.1, 0.15) is 17.2 Å². The molecule has 0 unspecified atom stereocenters. The number of nitrogens with two attached hydrogens (primary N) is 2. The van der Waals surface area contributed by atoms with Crippen molar-refractivity contribution in [3.05, 3.63) is 83.9 Å². The minimum atomic E-state index is -0.484. The summed E-state index contributed by atoms with van der Waals surface area (Å²) >= 11 is 0. The molecule has 0 aliphatic rings. The molecule has 37 heavy (non-hydrogen) atoms. The number of nitrogen functional groups attached to an aromatic ring is 2. The fourth-order valence-corrected chi connectivity index (χ4v) is 3.22. The summed E-state index contributed by atoms with van der Waals surface area (Å²) in [5.41, 5.74) is 13.3. The molecule has 3 aromatic rings. The predicted molar refractivity (Wildman–Crippen MR) is 144 cm³/mol. The molecule has 0 heterocycles. The van der Waals surface area contributed by atoms with Crippen molar-refractivity contribution in [2.75, 3.05) is 31.3 Å². The van der Waals surface area contributed by atoms with Crippen molar-refractivity contribution in [3.8, 4) is 17.2 Å². The Kier molecular flexibility index (Phi) is 10.4. The normalized spacial score (nSPS) is 10.7. The topological polar surface area (TPSA) is 123 Å². The Morgan fingerprint density at radius 3 is 1.95 bits per heavy atom. The van der Waals surface area contributed by atoms with E-state index in [1.165, 1.54) is 18.2 Å². The molecule has 0 saturated heterocycles. The number of carbonyl (C=O) groups excluding carboxylic acids is 2. The van der Waals surface area contributed by atoms with Crippen LogP contribution in [-0.4, -0.2) is 31.8 Å². The molecule has 0 aromatic heterocycles. The molecule has 0 radical (unpaired) electrons. The van der Waals surface area contributed by atoms with Crippen LogP contribution in [0.1, 0.15) is 42.1 Å². The van der Waals surface area contributed by atoms with E-state index in [0.717, 1.165) is 24.2 Å². The standard InChI is InChI=1S/C29H32N2O6/c1-2-3-15-34-26-10-12-27(13-11-26)37-28(32)14-7-21-5-8-25(9-6-21)35-16-4-17-36-29(33)22-18-23(30)20-24(31)19-22/h5-14,18-20H,2-4,15-17,30-31H2,1H3/b14-7+. The molecule has 0 atom stereocenters. The molecule has 0 bridgehead atoms. The average molecular weight is 505 g/mol. The fourth-order valence-electron chi connectivity index (χ4n) is 3.22. The summed E-state index contributed by atoms with van der Waals surface area (Å²) in [6.45, 7) is 3.34. The fraction of sp³-hybridized carbons (Fsp3) is 0.241. The van der Waals surface area contributed by atoms with Gasteiger partial charge >= 0.3 is 11.9 Å². The minimum absolute atomic E-state index is 0.199. The summed E-state index contributed by atoms with van der Waals surface area (Å²) in [5.74, 6) is 0.896. The molecular formula is C29H32N2O6. The predicted octanol–water partition coefficient (Wildman–Crippen LogP) is 5.27. The first-order valence-electron chi connectivity index (χ1n) is 12.1. The van der Waals surface area contributed by atoms with Crippen molar-refractivity contribution >= 4 is 29.4 Å². The van der Waals surface area contributed by atoms with Gasteiger partial charge in [-0.25, -0.2) is 9.59 Å². The lowest BCUT2D eigenvalue weighted by atomic mass is 10.2. The maximum Gasteiger partial charge on any atom is 0.338 e. The Morgan fingerprint density at radius 2 is 1.32 bits per heavy atom. The molecule has 0 aliphatic carbocycles. The maximum atomic E-state index is 12.1. The Labute approximate surface area is 216 Å². The first kappa shape index (κ1) is 27.1. The van der Waals surface area contributed by atoms with Crippen LogP contribution in [0.15, 0.2) is 72.8 Å². The van der Waals surface area contributed by atoms with E-state index in [1.807, 2.05) is 12.1 Å². The van der Waals surface area contributed by atoms with Crippen molar-refractivity contribution in [2.45, 2.75) is 26.2 Å². The van der Waals surface area contributed by atoms with Crippen LogP contribution < -0.4 is 25.7 Å². The lowest BCUT2D eigenvalue weighted by Gasteiger charge is -2.08. The third-order valence-electron chi connectivity index (χ3n) is 5.10. The highest BCUT2D eigenvalue weighted by Gasteiger charge is 2.08. The average Bonchev–Trinajstić information content (AvgIpc) is 2.88. The van der Waals surface area contributed by atoms with Gasteiger partial charge < -0.3 is 30.4 Å². The van der Waals surface area contributed by atoms with E-state index >= 15 is 0 Å². The lowest BCUT2D eigenvalue weighted by Crippen LogP contribution is -2.10. The molecule has 0 spiro atoms. The number of anilines is 2. The molecule has 4 N–H and O–H groups in total. The van der Waals surface area contributed by atoms with Crippen molar-refractivity contribution in [2.24, 2.45) is 0 Å². The van der Waals surface area contributed by atoms with Gasteiger partial charge in [0.05, 0.1) is 25.4 Å². The third kappa shape index (κ3) is 9.60. The monoisotopic (exact) mass is 504 g/mol. The SMILES string of the molecule is CCCCOc1ccc(OC(=O)/C=C/c2ccc(OCCCOC(=O)c3cc(N)cc(N)c3)cc2)cc1. The molecule has 8 heteroatoms. The van der Waals surface area contributed by atoms with Gasteiger partial charge in [0.15, 0.2) is 0 Å². The summed E-state index contributed by atoms with van der Waals surface area (Å²) in [6, 6.07) is 18.8. The second-order valence-electron chi connectivity index (χ2n) is 8.22. The van der Waals surface area contributed by atoms with Crippen LogP contribution in [0, 0.1) is 0 Å². The first-order chi connectivity index (χ1) is 17.9. The van der Waals surface area contributed by atoms with Crippen LogP contribution >= 0.6 is 0 Å². The first-order valence-corrected chi connectivity index (χ1v) is 12.1. The van der Waals surface area contributed by atoms with Crippen molar-refractivity contribution in [1.82, 2.24) is 0 Å². The molecule has 8 nitrogen and oxygen atoms in total. The van der Waals surface area contributed by atoms with Gasteiger partial charge in [-0.3, -0.25) is 0 Å². The van der Waals surface area contributed by atoms with E-state index in [9.17, 15) is 9.59 Å². The summed E-state index contributed by atoms with van der Waals surface area (Å²) in [7, 11) is 0. The Morgan fingerprint density at radius 1 is 0.757 bits per heavy atom. The number of ether oxygens (including phenoxy) is 4. The summed E-state index contributed by atoms with van der Waals surface area (Å²) in [4.78, 5) is 24.2. The Bertz CT molecular complexity index is 1170. The van der Waals surface area contributed by atoms with Crippen LogP contribution in [0.5, 0.6) is 17.2 Å². The zero-order valence-corrected chi connectivity index (χ0v) is 20.9. The number of esters is 2. The van der Waals surface area contributed by atoms with Crippen LogP contribution in [-0.2, 0) is 9.53 Å². The molecule has 3 rings (SSSR count). The minimum Gasteiger partial charge on any atom is -0.494 e. The van der Waals surface area contributed by atoms with E-state index in [0.29, 0.717) is 48.1 Å². The van der Waals surface area contributed by atoms with Gasteiger partial charge in [0, 0.05) is 23.9 Å². The van der Waals surface area contributed by atoms with Crippen LogP contribution in [0.2, 0.25) is 0 Å². The molecule has 0 amide bonds. The number of unbranched alkanes of at least 4 members (excludes halogenated alkanes) is 1. The zero-order chi connectivity index (χ0) is 26.5. The van der Waals surface area contributed by atoms with Crippen LogP contribution in [0.3, 0.4) is 0 Å². The lowest BCUT2D eigenvalue weighted by molar-refractivity contribution is -0.128. The molecule has 0 aliphatic heterocycles. The van der Waals surface area contributed by atoms with Crippen molar-refractivity contribution < 1.29 is 28.5 Å². The Balaban J connectivity index is 1.36. The smallest absolute Gasteiger partial charge is 0.338 e. The second-order valence-corrected chi connectivity index (χ2v) is 8.22. The molecule has 194 valence electrons. The zero-order valence-electron chi connectivity index (χ0n) is 20.9. The summed E-state index contributed by atoms with van der Waals surface area (Å²) in [6.07, 6.45) is 5.61. The number of rotatable bonds is 13. The highest BCUT2D eigenvalue weighted by molar-refractivity contribution is 5.91.